The number of para-hydroxylation sites is 2. The Bertz CT molecular complexity index is 904. The van der Waals surface area contributed by atoms with Gasteiger partial charge in [-0.25, -0.2) is 4.79 Å². The molecule has 0 aliphatic carbocycles. The van der Waals surface area contributed by atoms with Gasteiger partial charge in [0.1, 0.15) is 23.3 Å². The van der Waals surface area contributed by atoms with Crippen molar-refractivity contribution in [3.8, 4) is 11.5 Å². The molecule has 2 aromatic rings. The minimum absolute atomic E-state index is 0.109. The lowest BCUT2D eigenvalue weighted by atomic mass is 10.2. The van der Waals surface area contributed by atoms with E-state index in [1.807, 2.05) is 24.3 Å². The van der Waals surface area contributed by atoms with Crippen LogP contribution in [-0.4, -0.2) is 55.8 Å². The maximum absolute atomic E-state index is 12.6. The Morgan fingerprint density at radius 2 is 2.14 bits per heavy atom. The summed E-state index contributed by atoms with van der Waals surface area (Å²) in [6, 6.07) is 11.6. The fraction of sp³-hybridized carbons (Fsp3) is 0.350. The smallest absolute Gasteiger partial charge is 0.321 e. The van der Waals surface area contributed by atoms with Gasteiger partial charge >= 0.3 is 6.03 Å². The number of fused-ring (bicyclic) bond motifs is 1. The Balaban J connectivity index is 1.68. The molecule has 0 fully saturated rings. The molecule has 1 N–H and O–H groups in total. The highest BCUT2D eigenvalue weighted by Crippen LogP contribution is 2.33. The average Bonchev–Trinajstić information content (AvgIpc) is 2.73. The molecule has 9 nitrogen and oxygen atoms in total. The Labute approximate surface area is 169 Å². The minimum atomic E-state index is -0.557. The van der Waals surface area contributed by atoms with Crippen LogP contribution in [-0.2, 0) is 0 Å². The van der Waals surface area contributed by atoms with Gasteiger partial charge in [-0.1, -0.05) is 12.1 Å². The minimum Gasteiger partial charge on any atom is -0.496 e. The van der Waals surface area contributed by atoms with Crippen molar-refractivity contribution in [2.45, 2.75) is 13.0 Å². The molecule has 1 aliphatic rings. The van der Waals surface area contributed by atoms with Crippen molar-refractivity contribution in [1.29, 1.82) is 0 Å². The Hall–Kier alpha value is -3.49. The number of hydrogen-bond donors (Lipinski definition) is 1. The fourth-order valence-electron chi connectivity index (χ4n) is 3.27. The molecule has 0 saturated heterocycles. The normalized spacial score (nSPS) is 15.1. The maximum Gasteiger partial charge on any atom is 0.321 e. The lowest BCUT2D eigenvalue weighted by molar-refractivity contribution is -0.384. The highest BCUT2D eigenvalue weighted by Gasteiger charge is 2.27. The number of rotatable bonds is 6. The van der Waals surface area contributed by atoms with Crippen LogP contribution in [0.5, 0.6) is 11.5 Å². The lowest BCUT2D eigenvalue weighted by Crippen LogP contribution is -2.47. The highest BCUT2D eigenvalue weighted by atomic mass is 16.6. The first-order valence-corrected chi connectivity index (χ1v) is 9.28. The Morgan fingerprint density at radius 1 is 1.38 bits per heavy atom. The van der Waals surface area contributed by atoms with Crippen molar-refractivity contribution < 1.29 is 19.2 Å². The summed E-state index contributed by atoms with van der Waals surface area (Å²) in [4.78, 5) is 27.0. The van der Waals surface area contributed by atoms with Gasteiger partial charge in [0, 0.05) is 13.6 Å². The number of benzene rings is 2. The fourth-order valence-corrected chi connectivity index (χ4v) is 3.27. The molecule has 2 amide bonds. The van der Waals surface area contributed by atoms with Crippen LogP contribution in [0.1, 0.15) is 6.92 Å². The number of amides is 2. The molecule has 3 rings (SSSR count). The van der Waals surface area contributed by atoms with Crippen LogP contribution >= 0.6 is 0 Å². The number of likely N-dealkylation sites (N-methyl/N-ethyl adjacent to an activating group) is 2. The van der Waals surface area contributed by atoms with Crippen molar-refractivity contribution in [3.63, 3.8) is 0 Å². The predicted molar refractivity (Wildman–Crippen MR) is 110 cm³/mol. The van der Waals surface area contributed by atoms with E-state index < -0.39 is 11.0 Å². The molecule has 1 atom stereocenters. The third kappa shape index (κ3) is 4.50. The number of hydrogen-bond acceptors (Lipinski definition) is 6. The molecule has 0 unspecified atom stereocenters. The van der Waals surface area contributed by atoms with Gasteiger partial charge in [-0.3, -0.25) is 10.1 Å². The van der Waals surface area contributed by atoms with E-state index in [1.54, 1.807) is 13.1 Å². The number of carbonyl (C=O) groups is 1. The first-order chi connectivity index (χ1) is 13.9. The van der Waals surface area contributed by atoms with Crippen molar-refractivity contribution >= 4 is 23.1 Å². The first-order valence-electron chi connectivity index (χ1n) is 9.28. The predicted octanol–water partition coefficient (Wildman–Crippen LogP) is 3.35. The summed E-state index contributed by atoms with van der Waals surface area (Å²) < 4.78 is 11.1. The molecule has 9 heteroatoms. The Kier molecular flexibility index (Phi) is 6.06. The van der Waals surface area contributed by atoms with Crippen molar-refractivity contribution in [1.82, 2.24) is 4.90 Å². The number of carbonyl (C=O) groups excluding carboxylic acids is 1. The second kappa shape index (κ2) is 8.68. The zero-order valence-electron chi connectivity index (χ0n) is 16.6. The molecule has 0 aromatic heterocycles. The second-order valence-electron chi connectivity index (χ2n) is 6.70. The van der Waals surface area contributed by atoms with Gasteiger partial charge in [0.05, 0.1) is 36.9 Å². The SMILES string of the molecule is CCN1C[C@H](CN(C)C(=O)Nc2ccc(OC)cc2[N+](=O)[O-])Oc2ccccc21. The molecule has 0 radical (unpaired) electrons. The molecular formula is C20H24N4O5. The summed E-state index contributed by atoms with van der Waals surface area (Å²) in [5.74, 6) is 1.13. The molecule has 0 saturated carbocycles. The van der Waals surface area contributed by atoms with E-state index in [4.69, 9.17) is 9.47 Å². The summed E-state index contributed by atoms with van der Waals surface area (Å²) in [5.41, 5.74) is 0.913. The van der Waals surface area contributed by atoms with E-state index in [2.05, 4.69) is 17.1 Å². The number of anilines is 2. The van der Waals surface area contributed by atoms with Gasteiger partial charge in [0.15, 0.2) is 0 Å². The molecule has 0 spiro atoms. The number of nitrogens with one attached hydrogen (secondary N) is 1. The van der Waals surface area contributed by atoms with Crippen LogP contribution in [0.2, 0.25) is 0 Å². The molecular weight excluding hydrogens is 376 g/mol. The van der Waals surface area contributed by atoms with Gasteiger partial charge in [0.2, 0.25) is 0 Å². The number of ether oxygens (including phenoxy) is 2. The van der Waals surface area contributed by atoms with Crippen LogP contribution in [0.25, 0.3) is 0 Å². The molecule has 1 heterocycles. The topological polar surface area (TPSA) is 97.2 Å². The summed E-state index contributed by atoms with van der Waals surface area (Å²) in [5, 5.41) is 13.9. The number of nitro benzene ring substituents is 1. The van der Waals surface area contributed by atoms with Gasteiger partial charge in [-0.05, 0) is 31.2 Å². The van der Waals surface area contributed by atoms with Gasteiger partial charge in [-0.15, -0.1) is 0 Å². The number of nitrogens with zero attached hydrogens (tertiary/aromatic N) is 3. The van der Waals surface area contributed by atoms with Crippen LogP contribution in [0.4, 0.5) is 21.9 Å². The van der Waals surface area contributed by atoms with Crippen LogP contribution in [0.15, 0.2) is 42.5 Å². The standard InChI is InChI=1S/C20H24N4O5/c1-4-23-13-15(29-19-8-6-5-7-17(19)23)12-22(2)20(25)21-16-10-9-14(28-3)11-18(16)24(26)27/h5-11,15H,4,12-13H2,1-3H3,(H,21,25)/t15-/m0/s1. The van der Waals surface area contributed by atoms with Gasteiger partial charge in [0.25, 0.3) is 5.69 Å². The van der Waals surface area contributed by atoms with Crippen LogP contribution in [0, 0.1) is 10.1 Å². The third-order valence-corrected chi connectivity index (χ3v) is 4.77. The summed E-state index contributed by atoms with van der Waals surface area (Å²) >= 11 is 0. The van der Waals surface area contributed by atoms with E-state index in [0.29, 0.717) is 18.8 Å². The third-order valence-electron chi connectivity index (χ3n) is 4.77. The van der Waals surface area contributed by atoms with Crippen molar-refractivity contribution in [3.05, 3.63) is 52.6 Å². The maximum atomic E-state index is 12.6. The van der Waals surface area contributed by atoms with Crippen molar-refractivity contribution in [2.24, 2.45) is 0 Å². The highest BCUT2D eigenvalue weighted by molar-refractivity contribution is 5.92. The van der Waals surface area contributed by atoms with E-state index in [-0.39, 0.29) is 17.5 Å². The Morgan fingerprint density at radius 3 is 2.83 bits per heavy atom. The van der Waals surface area contributed by atoms with E-state index >= 15 is 0 Å². The first kappa shape index (κ1) is 20.2. The molecule has 1 aliphatic heterocycles. The summed E-state index contributed by atoms with van der Waals surface area (Å²) in [7, 11) is 3.05. The number of urea groups is 1. The van der Waals surface area contributed by atoms with Crippen LogP contribution < -0.4 is 19.7 Å². The second-order valence-corrected chi connectivity index (χ2v) is 6.70. The van der Waals surface area contributed by atoms with E-state index in [1.165, 1.54) is 24.1 Å². The van der Waals surface area contributed by atoms with E-state index in [0.717, 1.165) is 18.0 Å². The largest absolute Gasteiger partial charge is 0.496 e. The van der Waals surface area contributed by atoms with Gasteiger partial charge in [-0.2, -0.15) is 0 Å². The van der Waals surface area contributed by atoms with Crippen LogP contribution in [0.3, 0.4) is 0 Å². The van der Waals surface area contributed by atoms with E-state index in [9.17, 15) is 14.9 Å². The quantitative estimate of drug-likeness (QED) is 0.590. The average molecular weight is 400 g/mol. The molecule has 0 bridgehead atoms. The monoisotopic (exact) mass is 400 g/mol. The lowest BCUT2D eigenvalue weighted by Gasteiger charge is -2.37. The zero-order valence-corrected chi connectivity index (χ0v) is 16.6. The zero-order chi connectivity index (χ0) is 21.0. The molecule has 29 heavy (non-hydrogen) atoms. The molecule has 2 aromatic carbocycles. The summed E-state index contributed by atoms with van der Waals surface area (Å²) in [6.07, 6.45) is -0.216. The number of methoxy groups -OCH3 is 1. The summed E-state index contributed by atoms with van der Waals surface area (Å²) in [6.45, 7) is 3.87. The van der Waals surface area contributed by atoms with Gasteiger partial charge < -0.3 is 24.6 Å². The molecule has 154 valence electrons. The van der Waals surface area contributed by atoms with Crippen molar-refractivity contribution in [2.75, 3.05) is 44.0 Å². The number of nitro groups is 1.